The molecule has 138 valence electrons. The molecule has 0 aromatic rings. The molecule has 0 aliphatic rings. The molecular weight excluding hydrogens is 316 g/mol. The zero-order valence-corrected chi connectivity index (χ0v) is 15.4. The van der Waals surface area contributed by atoms with Crippen LogP contribution in [-0.2, 0) is 23.9 Å². The lowest BCUT2D eigenvalue weighted by molar-refractivity contribution is -0.150. The summed E-state index contributed by atoms with van der Waals surface area (Å²) < 4.78 is 9.89. The normalized spacial score (nSPS) is 13.7. The van der Waals surface area contributed by atoms with Crippen LogP contribution in [0, 0.1) is 5.92 Å². The molecule has 0 rings (SSSR count). The van der Waals surface area contributed by atoms with Crippen LogP contribution in [-0.4, -0.2) is 48.0 Å². The number of esters is 1. The minimum atomic E-state index is -1.40. The number of ether oxygens (including phenoxy) is 2. The van der Waals surface area contributed by atoms with Crippen molar-refractivity contribution in [2.75, 3.05) is 6.61 Å². The lowest BCUT2D eigenvalue weighted by atomic mass is 10.0. The third-order valence-electron chi connectivity index (χ3n) is 2.84. The van der Waals surface area contributed by atoms with E-state index in [4.69, 9.17) is 9.47 Å². The zero-order valence-electron chi connectivity index (χ0n) is 15.4. The van der Waals surface area contributed by atoms with Gasteiger partial charge in [0, 0.05) is 0 Å². The Labute approximate surface area is 142 Å². The molecule has 0 aromatic carbocycles. The molecule has 0 saturated carbocycles. The molecule has 0 aliphatic carbocycles. The minimum absolute atomic E-state index is 0.0856. The Morgan fingerprint density at radius 1 is 1.04 bits per heavy atom. The van der Waals surface area contributed by atoms with Gasteiger partial charge < -0.3 is 20.1 Å². The van der Waals surface area contributed by atoms with Crippen LogP contribution in [0.4, 0.5) is 4.79 Å². The molecule has 0 aliphatic heterocycles. The van der Waals surface area contributed by atoms with E-state index in [0.29, 0.717) is 0 Å². The first kappa shape index (κ1) is 21.9. The summed E-state index contributed by atoms with van der Waals surface area (Å²) in [7, 11) is 0. The van der Waals surface area contributed by atoms with E-state index in [9.17, 15) is 19.2 Å². The Morgan fingerprint density at radius 3 is 1.96 bits per heavy atom. The van der Waals surface area contributed by atoms with Crippen molar-refractivity contribution in [2.24, 2.45) is 5.92 Å². The van der Waals surface area contributed by atoms with Crippen molar-refractivity contribution in [2.45, 2.75) is 66.2 Å². The fourth-order valence-electron chi connectivity index (χ4n) is 1.75. The number of carbonyl (C=O) groups excluding carboxylic acids is 4. The van der Waals surface area contributed by atoms with Gasteiger partial charge in [-0.1, -0.05) is 13.8 Å². The van der Waals surface area contributed by atoms with E-state index >= 15 is 0 Å². The summed E-state index contributed by atoms with van der Waals surface area (Å²) in [5, 5.41) is 4.77. The summed E-state index contributed by atoms with van der Waals surface area (Å²) in [5.41, 5.74) is -0.713. The molecule has 8 heteroatoms. The highest BCUT2D eigenvalue weighted by Crippen LogP contribution is 2.09. The highest BCUT2D eigenvalue weighted by atomic mass is 16.6. The molecule has 2 N–H and O–H groups in total. The molecule has 2 atom stereocenters. The first-order valence-electron chi connectivity index (χ1n) is 7.86. The van der Waals surface area contributed by atoms with Gasteiger partial charge in [-0.3, -0.25) is 9.59 Å². The summed E-state index contributed by atoms with van der Waals surface area (Å²) in [6, 6.07) is -2.37. The maximum absolute atomic E-state index is 12.4. The van der Waals surface area contributed by atoms with Crippen LogP contribution in [0.5, 0.6) is 0 Å². The van der Waals surface area contributed by atoms with Gasteiger partial charge in [0.1, 0.15) is 11.6 Å². The van der Waals surface area contributed by atoms with Gasteiger partial charge in [0.15, 0.2) is 11.8 Å². The van der Waals surface area contributed by atoms with E-state index < -0.39 is 41.4 Å². The van der Waals surface area contributed by atoms with Gasteiger partial charge >= 0.3 is 12.1 Å². The molecule has 0 fully saturated rings. The second-order valence-electron chi connectivity index (χ2n) is 6.67. The van der Waals surface area contributed by atoms with Gasteiger partial charge in [0.2, 0.25) is 5.91 Å². The highest BCUT2D eigenvalue weighted by Gasteiger charge is 2.32. The predicted octanol–water partition coefficient (Wildman–Crippen LogP) is 1.17. The van der Waals surface area contributed by atoms with Crippen LogP contribution in [0.15, 0.2) is 0 Å². The summed E-state index contributed by atoms with van der Waals surface area (Å²) in [5.74, 6) is -2.34. The van der Waals surface area contributed by atoms with Gasteiger partial charge in [-0.25, -0.2) is 9.59 Å². The Hall–Kier alpha value is -2.12. The Kier molecular flexibility index (Phi) is 8.43. The molecule has 0 aromatic heterocycles. The van der Waals surface area contributed by atoms with E-state index in [-0.39, 0.29) is 12.5 Å². The molecule has 1 unspecified atom stereocenters. The molecule has 0 radical (unpaired) electrons. The summed E-state index contributed by atoms with van der Waals surface area (Å²) in [6.45, 7) is 11.4. The van der Waals surface area contributed by atoms with Crippen molar-refractivity contribution in [3.8, 4) is 0 Å². The highest BCUT2D eigenvalue weighted by molar-refractivity contribution is 6.05. The molecule has 0 saturated heterocycles. The zero-order chi connectivity index (χ0) is 19.1. The van der Waals surface area contributed by atoms with Crippen molar-refractivity contribution in [3.05, 3.63) is 0 Å². The Morgan fingerprint density at radius 2 is 1.58 bits per heavy atom. The average molecular weight is 344 g/mol. The summed E-state index contributed by atoms with van der Waals surface area (Å²) >= 11 is 0. The van der Waals surface area contributed by atoms with E-state index in [1.165, 1.54) is 6.92 Å². The number of rotatable bonds is 7. The molecular formula is C16H28N2O6. The molecule has 0 spiro atoms. The number of alkyl carbamates (subject to hydrolysis) is 1. The van der Waals surface area contributed by atoms with Crippen molar-refractivity contribution >= 4 is 23.8 Å². The van der Waals surface area contributed by atoms with Gasteiger partial charge in [-0.15, -0.1) is 0 Å². The third kappa shape index (κ3) is 7.94. The molecule has 8 nitrogen and oxygen atoms in total. The minimum Gasteiger partial charge on any atom is -0.464 e. The molecule has 0 bridgehead atoms. The van der Waals surface area contributed by atoms with Crippen molar-refractivity contribution < 1.29 is 28.7 Å². The second-order valence-corrected chi connectivity index (χ2v) is 6.67. The summed E-state index contributed by atoms with van der Waals surface area (Å²) in [6.07, 6.45) is -0.758. The van der Waals surface area contributed by atoms with Crippen LogP contribution < -0.4 is 10.6 Å². The SMILES string of the molecule is CCOC(=O)C(NC(=O)[C@@H](NC(=O)OC(C)(C)C)C(C)C)C(C)=O. The van der Waals surface area contributed by atoms with Crippen LogP contribution >= 0.6 is 0 Å². The molecule has 0 heterocycles. The molecule has 24 heavy (non-hydrogen) atoms. The van der Waals surface area contributed by atoms with E-state index in [1.54, 1.807) is 41.5 Å². The first-order chi connectivity index (χ1) is 10.9. The monoisotopic (exact) mass is 344 g/mol. The predicted molar refractivity (Wildman–Crippen MR) is 87.2 cm³/mol. The van der Waals surface area contributed by atoms with Crippen LogP contribution in [0.2, 0.25) is 0 Å². The number of amides is 2. The molecule has 2 amide bonds. The number of carbonyl (C=O) groups is 4. The maximum atomic E-state index is 12.4. The van der Waals surface area contributed by atoms with Gasteiger partial charge in [-0.05, 0) is 40.5 Å². The van der Waals surface area contributed by atoms with Crippen LogP contribution in [0.3, 0.4) is 0 Å². The van der Waals surface area contributed by atoms with Crippen molar-refractivity contribution in [1.82, 2.24) is 10.6 Å². The van der Waals surface area contributed by atoms with Gasteiger partial charge in [-0.2, -0.15) is 0 Å². The Bertz CT molecular complexity index is 481. The van der Waals surface area contributed by atoms with Gasteiger partial charge in [0.25, 0.3) is 0 Å². The first-order valence-corrected chi connectivity index (χ1v) is 7.86. The van der Waals surface area contributed by atoms with Gasteiger partial charge in [0.05, 0.1) is 6.61 Å². The van der Waals surface area contributed by atoms with E-state index in [1.807, 2.05) is 0 Å². The smallest absolute Gasteiger partial charge is 0.408 e. The lowest BCUT2D eigenvalue weighted by Gasteiger charge is -2.26. The van der Waals surface area contributed by atoms with Crippen molar-refractivity contribution in [1.29, 1.82) is 0 Å². The van der Waals surface area contributed by atoms with E-state index in [0.717, 1.165) is 0 Å². The Balaban J connectivity index is 5.05. The standard InChI is InChI=1S/C16H28N2O6/c1-8-23-14(21)12(10(4)19)17-13(20)11(9(2)3)18-15(22)24-16(5,6)7/h9,11-12H,8H2,1-7H3,(H,17,20)(H,18,22)/t11-,12?/m0/s1. The lowest BCUT2D eigenvalue weighted by Crippen LogP contribution is -2.56. The third-order valence-corrected chi connectivity index (χ3v) is 2.84. The topological polar surface area (TPSA) is 111 Å². The summed E-state index contributed by atoms with van der Waals surface area (Å²) in [4.78, 5) is 47.6. The fraction of sp³-hybridized carbons (Fsp3) is 0.750. The average Bonchev–Trinajstić information content (AvgIpc) is 2.39. The number of ketones is 1. The van der Waals surface area contributed by atoms with E-state index in [2.05, 4.69) is 10.6 Å². The number of nitrogens with one attached hydrogen (secondary N) is 2. The maximum Gasteiger partial charge on any atom is 0.408 e. The second kappa shape index (κ2) is 9.24. The number of Topliss-reactive ketones (excluding diaryl/α,β-unsaturated/α-hetero) is 1. The number of hydrogen-bond acceptors (Lipinski definition) is 6. The number of hydrogen-bond donors (Lipinski definition) is 2. The van der Waals surface area contributed by atoms with Crippen LogP contribution in [0.1, 0.15) is 48.5 Å². The van der Waals surface area contributed by atoms with Crippen molar-refractivity contribution in [3.63, 3.8) is 0 Å². The van der Waals surface area contributed by atoms with Crippen LogP contribution in [0.25, 0.3) is 0 Å². The largest absolute Gasteiger partial charge is 0.464 e. The fourth-order valence-corrected chi connectivity index (χ4v) is 1.75. The quantitative estimate of drug-likeness (QED) is 0.530.